The zero-order valence-corrected chi connectivity index (χ0v) is 14.0. The molecule has 1 aromatic carbocycles. The highest BCUT2D eigenvalue weighted by Gasteiger charge is 2.09. The largest absolute Gasteiger partial charge is 0.314 e. The van der Waals surface area contributed by atoms with Crippen LogP contribution < -0.4 is 5.56 Å². The summed E-state index contributed by atoms with van der Waals surface area (Å²) in [5, 5.41) is 0. The minimum absolute atomic E-state index is 0.260. The number of aromatic nitrogens is 2. The van der Waals surface area contributed by atoms with Gasteiger partial charge in [0, 0.05) is 17.8 Å². The highest BCUT2D eigenvalue weighted by Crippen LogP contribution is 2.05. The molecule has 0 fully saturated rings. The second-order valence-corrected chi connectivity index (χ2v) is 10.7. The Morgan fingerprint density at radius 1 is 1.09 bits per heavy atom. The van der Waals surface area contributed by atoms with Crippen LogP contribution in [0.25, 0.3) is 0 Å². The van der Waals surface area contributed by atoms with Crippen LogP contribution >= 0.6 is 0 Å². The Kier molecular flexibility index (Phi) is 4.98. The first kappa shape index (κ1) is 15.8. The maximum atomic E-state index is 11.2. The first-order valence-corrected chi connectivity index (χ1v) is 10.6. The maximum absolute atomic E-state index is 11.2. The highest BCUT2D eigenvalue weighted by atomic mass is 28.3. The molecule has 2 aromatic rings. The summed E-state index contributed by atoms with van der Waals surface area (Å²) in [5.74, 6) is 9.52. The molecule has 22 heavy (non-hydrogen) atoms. The minimum Gasteiger partial charge on any atom is -0.314 e. The molecular formula is C18H18N2OSi. The van der Waals surface area contributed by atoms with Crippen molar-refractivity contribution in [2.75, 3.05) is 0 Å². The van der Waals surface area contributed by atoms with E-state index < -0.39 is 8.07 Å². The van der Waals surface area contributed by atoms with E-state index >= 15 is 0 Å². The van der Waals surface area contributed by atoms with Gasteiger partial charge < -0.3 is 4.57 Å². The zero-order valence-electron chi connectivity index (χ0n) is 13.0. The lowest BCUT2D eigenvalue weighted by Gasteiger charge is -2.09. The third-order valence-corrected chi connectivity index (χ3v) is 3.61. The normalized spacial score (nSPS) is 11.6. The molecule has 0 spiro atoms. The van der Waals surface area contributed by atoms with Gasteiger partial charge in [0.25, 0.3) is 5.56 Å². The molecule has 1 aromatic heterocycles. The van der Waals surface area contributed by atoms with Crippen LogP contribution in [0.1, 0.15) is 11.6 Å². The Morgan fingerprint density at radius 3 is 2.41 bits per heavy atom. The Hall–Kier alpha value is -2.56. The zero-order chi connectivity index (χ0) is 16.0. The second kappa shape index (κ2) is 6.93. The topological polar surface area (TPSA) is 34.9 Å². The molecule has 0 amide bonds. The highest BCUT2D eigenvalue weighted by molar-refractivity contribution is 6.83. The lowest BCUT2D eigenvalue weighted by molar-refractivity contribution is 0.729. The van der Waals surface area contributed by atoms with Gasteiger partial charge in [-0.3, -0.25) is 4.79 Å². The number of nitrogens with zero attached hydrogens (tertiary/aromatic N) is 2. The van der Waals surface area contributed by atoms with Crippen LogP contribution in [0.3, 0.4) is 0 Å². The summed E-state index contributed by atoms with van der Waals surface area (Å²) in [6.45, 7) is 6.56. The number of rotatable bonds is 1. The lowest BCUT2D eigenvalue weighted by atomic mass is 10.2. The summed E-state index contributed by atoms with van der Waals surface area (Å²) in [6.07, 6.45) is 3.17. The molecule has 0 unspecified atom stereocenters. The molecule has 1 heterocycles. The van der Waals surface area contributed by atoms with E-state index in [1.807, 2.05) is 30.3 Å². The summed E-state index contributed by atoms with van der Waals surface area (Å²) < 4.78 is 1.77. The fourth-order valence-corrected chi connectivity index (χ4v) is 2.22. The van der Waals surface area contributed by atoms with Gasteiger partial charge in [0.15, 0.2) is 6.04 Å². The van der Waals surface area contributed by atoms with Crippen LogP contribution in [0, 0.1) is 23.3 Å². The van der Waals surface area contributed by atoms with E-state index in [0.29, 0.717) is 0 Å². The summed E-state index contributed by atoms with van der Waals surface area (Å²) in [7, 11) is -1.50. The van der Waals surface area contributed by atoms with Crippen LogP contribution in [0.4, 0.5) is 0 Å². The van der Waals surface area contributed by atoms with Crippen LogP contribution in [0.5, 0.6) is 0 Å². The smallest absolute Gasteiger partial charge is 0.272 e. The van der Waals surface area contributed by atoms with Crippen LogP contribution in [0.15, 0.2) is 53.7 Å². The molecule has 0 saturated carbocycles. The molecule has 0 N–H and O–H groups in total. The fraction of sp³-hybridized carbons (Fsp3) is 0.222. The van der Waals surface area contributed by atoms with E-state index in [2.05, 4.69) is 47.9 Å². The molecule has 0 saturated heterocycles. The number of hydrogen-bond acceptors (Lipinski definition) is 2. The molecule has 0 radical (unpaired) electrons. The SMILES string of the molecule is C[Si](C)(C)C#C[C@@H](C#Cc1ccccc1)n1ccc(=O)nc1. The van der Waals surface area contributed by atoms with Crippen LogP contribution in [-0.2, 0) is 0 Å². The Morgan fingerprint density at radius 2 is 1.82 bits per heavy atom. The van der Waals surface area contributed by atoms with Crippen molar-refractivity contribution < 1.29 is 0 Å². The Balaban J connectivity index is 2.37. The third-order valence-electron chi connectivity index (χ3n) is 2.72. The van der Waals surface area contributed by atoms with Crippen LogP contribution in [0.2, 0.25) is 19.6 Å². The average molecular weight is 306 g/mol. The van der Waals surface area contributed by atoms with Crippen molar-refractivity contribution in [2.45, 2.75) is 25.7 Å². The summed E-state index contributed by atoms with van der Waals surface area (Å²) in [4.78, 5) is 14.9. The Bertz CT molecular complexity index is 791. The Labute approximate surface area is 132 Å². The van der Waals surface area contributed by atoms with Gasteiger partial charge in [-0.15, -0.1) is 5.54 Å². The van der Waals surface area contributed by atoms with Gasteiger partial charge in [0.2, 0.25) is 0 Å². The van der Waals surface area contributed by atoms with E-state index in [-0.39, 0.29) is 11.6 Å². The monoisotopic (exact) mass is 306 g/mol. The van der Waals surface area contributed by atoms with Crippen molar-refractivity contribution in [3.8, 4) is 23.3 Å². The van der Waals surface area contributed by atoms with Gasteiger partial charge in [-0.05, 0) is 12.1 Å². The minimum atomic E-state index is -1.50. The van der Waals surface area contributed by atoms with Crippen molar-refractivity contribution in [3.05, 3.63) is 64.8 Å². The molecule has 4 heteroatoms. The second-order valence-electron chi connectivity index (χ2n) is 5.90. The van der Waals surface area contributed by atoms with Crippen molar-refractivity contribution >= 4 is 8.07 Å². The van der Waals surface area contributed by atoms with Crippen LogP contribution in [-0.4, -0.2) is 17.6 Å². The molecule has 0 bridgehead atoms. The van der Waals surface area contributed by atoms with Gasteiger partial charge in [0.1, 0.15) is 14.4 Å². The van der Waals surface area contributed by atoms with Gasteiger partial charge in [-0.1, -0.05) is 55.6 Å². The quantitative estimate of drug-likeness (QED) is 0.600. The van der Waals surface area contributed by atoms with Gasteiger partial charge in [-0.2, -0.15) is 4.98 Å². The molecule has 110 valence electrons. The standard InChI is InChI=1S/C18H18N2OSi/c1-22(2,3)14-12-17(20-13-11-18(21)19-15-20)10-9-16-7-5-4-6-8-16/h4-8,11,13,15,17H,1-3H3/t17-/m1/s1. The third kappa shape index (κ3) is 5.09. The molecule has 2 rings (SSSR count). The number of hydrogen-bond donors (Lipinski definition) is 0. The first-order chi connectivity index (χ1) is 10.4. The van der Waals surface area contributed by atoms with Crippen molar-refractivity contribution in [1.82, 2.24) is 9.55 Å². The van der Waals surface area contributed by atoms with E-state index in [0.717, 1.165) is 5.56 Å². The van der Waals surface area contributed by atoms with E-state index in [4.69, 9.17) is 0 Å². The summed E-state index contributed by atoms with van der Waals surface area (Å²) in [6, 6.07) is 10.9. The van der Waals surface area contributed by atoms with Crippen molar-refractivity contribution in [1.29, 1.82) is 0 Å². The lowest BCUT2D eigenvalue weighted by Crippen LogP contribution is -2.18. The first-order valence-electron chi connectivity index (χ1n) is 7.07. The maximum Gasteiger partial charge on any atom is 0.272 e. The molecule has 0 aliphatic rings. The summed E-state index contributed by atoms with van der Waals surface area (Å²) in [5.41, 5.74) is 4.01. The average Bonchev–Trinajstić information content (AvgIpc) is 2.48. The van der Waals surface area contributed by atoms with Gasteiger partial charge >= 0.3 is 0 Å². The molecule has 1 atom stereocenters. The molecule has 3 nitrogen and oxygen atoms in total. The summed E-state index contributed by atoms with van der Waals surface area (Å²) >= 11 is 0. The van der Waals surface area contributed by atoms with Crippen molar-refractivity contribution in [2.24, 2.45) is 0 Å². The van der Waals surface area contributed by atoms with E-state index in [9.17, 15) is 4.79 Å². The molecular weight excluding hydrogens is 288 g/mol. The van der Waals surface area contributed by atoms with Crippen molar-refractivity contribution in [3.63, 3.8) is 0 Å². The van der Waals surface area contributed by atoms with Gasteiger partial charge in [-0.25, -0.2) is 0 Å². The van der Waals surface area contributed by atoms with E-state index in [1.54, 1.807) is 10.8 Å². The van der Waals surface area contributed by atoms with Gasteiger partial charge in [0.05, 0.1) is 0 Å². The molecule has 0 aliphatic heterocycles. The predicted octanol–water partition coefficient (Wildman–Crippen LogP) is 2.72. The van der Waals surface area contributed by atoms with E-state index in [1.165, 1.54) is 12.4 Å². The molecule has 0 aliphatic carbocycles. The fourth-order valence-electron chi connectivity index (χ4n) is 1.65. The number of benzene rings is 1. The predicted molar refractivity (Wildman–Crippen MR) is 92.0 cm³/mol.